The minimum Gasteiger partial charge on any atom is -0.344 e. The molecule has 10 aromatic rings. The standard InChI is InChI=1S/C51H34N4S/c1-3-13-33(14-4-1)35-25-27-36(28-26-35)49-52-50(38-18-11-17-37(31-38)34-15-5-2-6-16-34)54-51(53-49)42-21-12-23-45-48(42)41-20-7-9-22-44(41)55(45)39-29-30-47-43(32-39)40-19-8-10-24-46(40)56-47/h1-32,51H,(H,52,53,54). The van der Waals surface area contributed by atoms with Crippen LogP contribution in [0.15, 0.2) is 204 Å². The Hall–Kier alpha value is -7.08. The average molecular weight is 735 g/mol. The maximum Gasteiger partial charge on any atom is 0.159 e. The second-order valence-electron chi connectivity index (χ2n) is 14.2. The Labute approximate surface area is 328 Å². The summed E-state index contributed by atoms with van der Waals surface area (Å²) in [4.78, 5) is 10.6. The molecule has 1 unspecified atom stereocenters. The predicted octanol–water partition coefficient (Wildman–Crippen LogP) is 13.0. The number of aromatic nitrogens is 1. The van der Waals surface area contributed by atoms with Crippen molar-refractivity contribution in [2.24, 2.45) is 9.98 Å². The molecule has 0 amide bonds. The van der Waals surface area contributed by atoms with Crippen molar-refractivity contribution < 1.29 is 0 Å². The number of nitrogens with one attached hydrogen (secondary N) is 1. The predicted molar refractivity (Wildman–Crippen MR) is 236 cm³/mol. The Morgan fingerprint density at radius 2 is 1.05 bits per heavy atom. The Morgan fingerprint density at radius 1 is 0.446 bits per heavy atom. The largest absolute Gasteiger partial charge is 0.344 e. The van der Waals surface area contributed by atoms with Gasteiger partial charge in [-0.3, -0.25) is 0 Å². The molecule has 1 aliphatic heterocycles. The molecule has 0 aliphatic carbocycles. The molecule has 8 aromatic carbocycles. The number of para-hydroxylation sites is 1. The van der Waals surface area contributed by atoms with Gasteiger partial charge in [0.25, 0.3) is 0 Å². The molecular formula is C51H34N4S. The van der Waals surface area contributed by atoms with E-state index in [9.17, 15) is 0 Å². The molecule has 0 radical (unpaired) electrons. The number of nitrogens with zero attached hydrogens (tertiary/aromatic N) is 3. The van der Waals surface area contributed by atoms with Crippen LogP contribution < -0.4 is 5.32 Å². The lowest BCUT2D eigenvalue weighted by molar-refractivity contribution is 0.680. The molecule has 1 atom stereocenters. The van der Waals surface area contributed by atoms with Gasteiger partial charge in [0.15, 0.2) is 5.84 Å². The Bertz CT molecular complexity index is 3150. The molecule has 0 fully saturated rings. The summed E-state index contributed by atoms with van der Waals surface area (Å²) < 4.78 is 5.01. The van der Waals surface area contributed by atoms with Gasteiger partial charge in [-0.1, -0.05) is 152 Å². The first kappa shape index (κ1) is 32.4. The fourth-order valence-corrected chi connectivity index (χ4v) is 9.30. The van der Waals surface area contributed by atoms with Crippen molar-refractivity contribution in [2.45, 2.75) is 6.17 Å². The van der Waals surface area contributed by atoms with Crippen LogP contribution in [0.2, 0.25) is 0 Å². The lowest BCUT2D eigenvalue weighted by Gasteiger charge is -2.24. The van der Waals surface area contributed by atoms with Gasteiger partial charge in [0, 0.05) is 53.3 Å². The van der Waals surface area contributed by atoms with E-state index in [1.165, 1.54) is 36.5 Å². The first-order valence-corrected chi connectivity index (χ1v) is 19.8. The van der Waals surface area contributed by atoms with E-state index in [1.54, 1.807) is 0 Å². The van der Waals surface area contributed by atoms with Gasteiger partial charge in [-0.25, -0.2) is 9.98 Å². The number of amidine groups is 2. The fraction of sp³-hybridized carbons (Fsp3) is 0.0196. The number of aliphatic imine (C=N–C) groups is 2. The van der Waals surface area contributed by atoms with E-state index in [0.717, 1.165) is 55.9 Å². The van der Waals surface area contributed by atoms with Gasteiger partial charge in [0.1, 0.15) is 12.0 Å². The smallest absolute Gasteiger partial charge is 0.159 e. The zero-order chi connectivity index (χ0) is 37.0. The number of thiophene rings is 1. The normalized spacial score (nSPS) is 14.2. The van der Waals surface area contributed by atoms with Gasteiger partial charge >= 0.3 is 0 Å². The van der Waals surface area contributed by atoms with Gasteiger partial charge in [0.2, 0.25) is 0 Å². The minimum absolute atomic E-state index is 0.391. The fourth-order valence-electron chi connectivity index (χ4n) is 8.21. The van der Waals surface area contributed by atoms with Gasteiger partial charge in [-0.05, 0) is 64.7 Å². The molecule has 0 spiro atoms. The summed E-state index contributed by atoms with van der Waals surface area (Å²) in [5, 5.41) is 8.74. The minimum atomic E-state index is -0.391. The molecular weight excluding hydrogens is 701 g/mol. The lowest BCUT2D eigenvalue weighted by atomic mass is 10.0. The third kappa shape index (κ3) is 5.52. The summed E-state index contributed by atoms with van der Waals surface area (Å²) in [6.07, 6.45) is -0.391. The van der Waals surface area contributed by atoms with Crippen LogP contribution in [0.5, 0.6) is 0 Å². The van der Waals surface area contributed by atoms with Crippen LogP contribution in [0.1, 0.15) is 22.9 Å². The first-order chi connectivity index (χ1) is 27.7. The van der Waals surface area contributed by atoms with Crippen LogP contribution in [-0.4, -0.2) is 16.2 Å². The molecule has 0 saturated heterocycles. The highest BCUT2D eigenvalue weighted by Crippen LogP contribution is 2.40. The van der Waals surface area contributed by atoms with Crippen molar-refractivity contribution in [3.8, 4) is 27.9 Å². The van der Waals surface area contributed by atoms with E-state index in [0.29, 0.717) is 5.84 Å². The second-order valence-corrected chi connectivity index (χ2v) is 15.3. The summed E-state index contributed by atoms with van der Waals surface area (Å²) in [6, 6.07) is 69.2. The molecule has 264 valence electrons. The van der Waals surface area contributed by atoms with Crippen LogP contribution in [0, 0.1) is 0 Å². The van der Waals surface area contributed by atoms with Crippen LogP contribution in [0.25, 0.3) is 69.9 Å². The number of hydrogen-bond donors (Lipinski definition) is 1. The molecule has 11 rings (SSSR count). The molecule has 1 aliphatic rings. The van der Waals surface area contributed by atoms with Crippen molar-refractivity contribution in [3.63, 3.8) is 0 Å². The van der Waals surface area contributed by atoms with Crippen LogP contribution in [0.3, 0.4) is 0 Å². The molecule has 0 bridgehead atoms. The number of fused-ring (bicyclic) bond motifs is 6. The second kappa shape index (κ2) is 13.3. The van der Waals surface area contributed by atoms with E-state index in [1.807, 2.05) is 17.4 Å². The number of hydrogen-bond acceptors (Lipinski definition) is 4. The van der Waals surface area contributed by atoms with Crippen molar-refractivity contribution in [2.75, 3.05) is 0 Å². The van der Waals surface area contributed by atoms with Crippen LogP contribution >= 0.6 is 11.3 Å². The highest BCUT2D eigenvalue weighted by molar-refractivity contribution is 7.25. The molecule has 1 N–H and O–H groups in total. The molecule has 5 heteroatoms. The Balaban J connectivity index is 1.08. The monoisotopic (exact) mass is 734 g/mol. The highest BCUT2D eigenvalue weighted by atomic mass is 32.1. The topological polar surface area (TPSA) is 41.7 Å². The number of benzene rings is 8. The zero-order valence-corrected chi connectivity index (χ0v) is 31.1. The summed E-state index contributed by atoms with van der Waals surface area (Å²) in [5.41, 5.74) is 11.2. The van der Waals surface area contributed by atoms with Crippen molar-refractivity contribution in [1.82, 2.24) is 9.88 Å². The van der Waals surface area contributed by atoms with Crippen LogP contribution in [-0.2, 0) is 0 Å². The van der Waals surface area contributed by atoms with E-state index in [-0.39, 0.29) is 0 Å². The summed E-state index contributed by atoms with van der Waals surface area (Å²) in [7, 11) is 0. The van der Waals surface area contributed by atoms with Gasteiger partial charge in [-0.2, -0.15) is 0 Å². The quantitative estimate of drug-likeness (QED) is 0.182. The average Bonchev–Trinajstić information content (AvgIpc) is 3.82. The van der Waals surface area contributed by atoms with Gasteiger partial charge in [-0.15, -0.1) is 11.3 Å². The summed E-state index contributed by atoms with van der Waals surface area (Å²) >= 11 is 1.85. The maximum atomic E-state index is 5.42. The third-order valence-electron chi connectivity index (χ3n) is 10.9. The molecule has 2 aromatic heterocycles. The molecule has 0 saturated carbocycles. The van der Waals surface area contributed by atoms with Crippen LogP contribution in [0.4, 0.5) is 0 Å². The molecule has 3 heterocycles. The van der Waals surface area contributed by atoms with Gasteiger partial charge < -0.3 is 9.88 Å². The van der Waals surface area contributed by atoms with E-state index < -0.39 is 6.17 Å². The SMILES string of the molecule is c1ccc(-c2ccc(C3=NC(c4cccc(-c5ccccc5)c4)=NC(c4cccc5c4c4ccccc4n5-c4ccc5sc6ccccc6c5c4)N3)cc2)cc1. The molecule has 56 heavy (non-hydrogen) atoms. The van der Waals surface area contributed by atoms with Crippen molar-refractivity contribution in [1.29, 1.82) is 0 Å². The van der Waals surface area contributed by atoms with Crippen molar-refractivity contribution >= 4 is 65.0 Å². The van der Waals surface area contributed by atoms with Gasteiger partial charge in [0.05, 0.1) is 11.0 Å². The maximum absolute atomic E-state index is 5.42. The number of rotatable bonds is 6. The third-order valence-corrected chi connectivity index (χ3v) is 12.0. The highest BCUT2D eigenvalue weighted by Gasteiger charge is 2.25. The van der Waals surface area contributed by atoms with E-state index >= 15 is 0 Å². The summed E-state index contributed by atoms with van der Waals surface area (Å²) in [6.45, 7) is 0. The lowest BCUT2D eigenvalue weighted by Crippen LogP contribution is -2.33. The van der Waals surface area contributed by atoms with Crippen molar-refractivity contribution in [3.05, 3.63) is 211 Å². The first-order valence-electron chi connectivity index (χ1n) is 18.9. The Morgan fingerprint density at radius 3 is 1.88 bits per heavy atom. The van der Waals surface area contributed by atoms with E-state index in [4.69, 9.17) is 9.98 Å². The summed E-state index contributed by atoms with van der Waals surface area (Å²) in [5.74, 6) is 1.49. The van der Waals surface area contributed by atoms with E-state index in [2.05, 4.69) is 198 Å². The Kier molecular flexibility index (Phi) is 7.71. The zero-order valence-electron chi connectivity index (χ0n) is 30.3. The molecule has 4 nitrogen and oxygen atoms in total.